The van der Waals surface area contributed by atoms with Crippen LogP contribution in [0.5, 0.6) is 0 Å². The van der Waals surface area contributed by atoms with Gasteiger partial charge in [0.05, 0.1) is 18.5 Å². The Morgan fingerprint density at radius 1 is 1.00 bits per heavy atom. The summed E-state index contributed by atoms with van der Waals surface area (Å²) in [4.78, 5) is 7.55. The molecule has 4 rings (SSSR count). The van der Waals surface area contributed by atoms with Crippen molar-refractivity contribution in [3.05, 3.63) is 95.8 Å². The zero-order chi connectivity index (χ0) is 19.3. The molecule has 9 nitrogen and oxygen atoms in total. The molecule has 0 N–H and O–H groups in total. The third-order valence-electron chi connectivity index (χ3n) is 3.69. The van der Waals surface area contributed by atoms with Gasteiger partial charge < -0.3 is 9.36 Å². The van der Waals surface area contributed by atoms with E-state index in [1.807, 2.05) is 12.1 Å². The fraction of sp³-hybridized carbons (Fsp3) is 0. The maximum absolute atomic E-state index is 9.43. The topological polar surface area (TPSA) is 102 Å². The van der Waals surface area contributed by atoms with Crippen LogP contribution in [0.15, 0.2) is 60.8 Å². The fourth-order valence-corrected chi connectivity index (χ4v) is 2.47. The van der Waals surface area contributed by atoms with Gasteiger partial charge in [0.1, 0.15) is 5.82 Å². The van der Waals surface area contributed by atoms with Gasteiger partial charge in [0, 0.05) is 12.4 Å². The summed E-state index contributed by atoms with van der Waals surface area (Å²) in [5.74, 6) is 1.02. The van der Waals surface area contributed by atoms with Crippen molar-refractivity contribution >= 4 is 5.57 Å². The smallest absolute Gasteiger partial charge is 0.312 e. The summed E-state index contributed by atoms with van der Waals surface area (Å²) in [6, 6.07) is 10.7. The van der Waals surface area contributed by atoms with Gasteiger partial charge in [0.15, 0.2) is 0 Å². The minimum atomic E-state index is -0.119. The number of aromatic nitrogens is 7. The number of allylic oxidation sites excluding steroid dienone is 1. The second kappa shape index (κ2) is 8.83. The first-order valence-electron chi connectivity index (χ1n) is 7.97. The average molecular weight is 558 g/mol. The minimum absolute atomic E-state index is 0. The summed E-state index contributed by atoms with van der Waals surface area (Å²) in [6.45, 7) is 7.36. The van der Waals surface area contributed by atoms with Crippen molar-refractivity contribution in [2.24, 2.45) is 0 Å². The van der Waals surface area contributed by atoms with E-state index in [0.29, 0.717) is 28.3 Å². The SMILES string of the molecule is [C-]#[N+]/C(C#N)=C(/c1[c-]n(-c2ccccn2)nc1)c1[c-]n(-c2cccnn2)nc1.[Pt+2]. The number of rotatable bonds is 4. The van der Waals surface area contributed by atoms with Crippen molar-refractivity contribution in [2.75, 3.05) is 0 Å². The molecule has 0 aliphatic carbocycles. The number of hydrogen-bond acceptors (Lipinski definition) is 6. The van der Waals surface area contributed by atoms with Gasteiger partial charge in [0.2, 0.25) is 5.70 Å². The van der Waals surface area contributed by atoms with Crippen LogP contribution in [0.2, 0.25) is 0 Å². The van der Waals surface area contributed by atoms with Crippen molar-refractivity contribution in [2.45, 2.75) is 0 Å². The summed E-state index contributed by atoms with van der Waals surface area (Å²) < 4.78 is 2.84. The standard InChI is InChI=1S/C19H9N9.Pt/c1-21-16(9-20)19(14-10-24-27(12-14)17-5-2-3-7-22-17)15-11-25-28(13-15)18-6-4-8-23-26-18;/h2-8,10-11H;/q-2;+2/b19-16-;. The van der Waals surface area contributed by atoms with Crippen LogP contribution in [0.4, 0.5) is 0 Å². The molecule has 10 heteroatoms. The Balaban J connectivity index is 0.00000240. The van der Waals surface area contributed by atoms with Crippen molar-refractivity contribution in [3.8, 4) is 17.7 Å². The first-order chi connectivity index (χ1) is 13.8. The number of hydrogen-bond donors (Lipinski definition) is 0. The van der Waals surface area contributed by atoms with Gasteiger partial charge in [-0.15, -0.1) is 11.1 Å². The summed E-state index contributed by atoms with van der Waals surface area (Å²) in [7, 11) is 0. The molecular weight excluding hydrogens is 549 g/mol. The molecule has 0 aliphatic rings. The molecule has 0 spiro atoms. The van der Waals surface area contributed by atoms with Gasteiger partial charge in [-0.1, -0.05) is 23.8 Å². The van der Waals surface area contributed by atoms with Gasteiger partial charge in [-0.2, -0.15) is 10.2 Å². The van der Waals surface area contributed by atoms with E-state index in [4.69, 9.17) is 6.57 Å². The van der Waals surface area contributed by atoms with Gasteiger partial charge >= 0.3 is 21.1 Å². The summed E-state index contributed by atoms with van der Waals surface area (Å²) in [6.07, 6.45) is 12.2. The maximum atomic E-state index is 9.43. The third-order valence-corrected chi connectivity index (χ3v) is 3.69. The molecule has 4 heterocycles. The second-order valence-electron chi connectivity index (χ2n) is 5.38. The predicted molar refractivity (Wildman–Crippen MR) is 96.4 cm³/mol. The van der Waals surface area contributed by atoms with E-state index in [2.05, 4.69) is 42.6 Å². The Hall–Kier alpha value is -3.94. The van der Waals surface area contributed by atoms with Crippen molar-refractivity contribution in [1.82, 2.24) is 34.7 Å². The Morgan fingerprint density at radius 3 is 2.24 bits per heavy atom. The maximum Gasteiger partial charge on any atom is 2.00 e. The molecule has 0 unspecified atom stereocenters. The average Bonchev–Trinajstić information content (AvgIpc) is 3.43. The monoisotopic (exact) mass is 558 g/mol. The molecule has 140 valence electrons. The summed E-state index contributed by atoms with van der Waals surface area (Å²) in [5, 5.41) is 25.6. The van der Waals surface area contributed by atoms with Gasteiger partial charge in [-0.3, -0.25) is 4.98 Å². The first kappa shape index (κ1) is 19.8. The molecule has 4 aromatic rings. The van der Waals surface area contributed by atoms with Crippen LogP contribution in [0.25, 0.3) is 22.1 Å². The van der Waals surface area contributed by atoms with E-state index < -0.39 is 0 Å². The minimum Gasteiger partial charge on any atom is -0.312 e. The largest absolute Gasteiger partial charge is 2.00 e. The molecular formula is C19H9N9Pt. The normalized spacial score (nSPS) is 11.0. The van der Waals surface area contributed by atoms with Gasteiger partial charge in [-0.25, -0.2) is 20.3 Å². The van der Waals surface area contributed by atoms with E-state index in [-0.39, 0.29) is 26.8 Å². The van der Waals surface area contributed by atoms with Crippen LogP contribution in [0.1, 0.15) is 11.1 Å². The van der Waals surface area contributed by atoms with E-state index in [1.165, 1.54) is 21.8 Å². The quantitative estimate of drug-likeness (QED) is 0.281. The van der Waals surface area contributed by atoms with E-state index in [0.717, 1.165) is 0 Å². The molecule has 4 aromatic heterocycles. The molecule has 29 heavy (non-hydrogen) atoms. The Morgan fingerprint density at radius 2 is 1.69 bits per heavy atom. The van der Waals surface area contributed by atoms with Crippen LogP contribution in [-0.2, 0) is 21.1 Å². The van der Waals surface area contributed by atoms with E-state index in [1.54, 1.807) is 36.7 Å². The zero-order valence-corrected chi connectivity index (χ0v) is 16.8. The van der Waals surface area contributed by atoms with E-state index in [9.17, 15) is 5.26 Å². The van der Waals surface area contributed by atoms with Crippen molar-refractivity contribution in [1.29, 1.82) is 5.26 Å². The molecule has 0 saturated heterocycles. The molecule has 0 aliphatic heterocycles. The predicted octanol–water partition coefficient (Wildman–Crippen LogP) is 2.04. The van der Waals surface area contributed by atoms with E-state index >= 15 is 0 Å². The van der Waals surface area contributed by atoms with Crippen LogP contribution in [0, 0.1) is 30.3 Å². The van der Waals surface area contributed by atoms with Crippen LogP contribution >= 0.6 is 0 Å². The van der Waals surface area contributed by atoms with Crippen LogP contribution in [-0.4, -0.2) is 34.7 Å². The zero-order valence-electron chi connectivity index (χ0n) is 14.5. The van der Waals surface area contributed by atoms with Gasteiger partial charge in [0.25, 0.3) is 0 Å². The second-order valence-corrected chi connectivity index (χ2v) is 5.38. The molecule has 0 fully saturated rings. The molecule has 0 aromatic carbocycles. The number of pyridine rings is 1. The molecule has 0 radical (unpaired) electrons. The molecule has 0 saturated carbocycles. The fourth-order valence-electron chi connectivity index (χ4n) is 2.47. The first-order valence-corrected chi connectivity index (χ1v) is 7.97. The number of nitriles is 1. The van der Waals surface area contributed by atoms with Crippen LogP contribution < -0.4 is 0 Å². The van der Waals surface area contributed by atoms with Crippen molar-refractivity contribution < 1.29 is 21.1 Å². The Bertz CT molecular complexity index is 1130. The molecule has 0 amide bonds. The molecule has 0 bridgehead atoms. The Kier molecular flexibility index (Phi) is 6.03. The molecule has 0 atom stereocenters. The van der Waals surface area contributed by atoms with Gasteiger partial charge in [-0.05, 0) is 36.9 Å². The number of nitrogens with zero attached hydrogens (tertiary/aromatic N) is 9. The summed E-state index contributed by atoms with van der Waals surface area (Å²) >= 11 is 0. The Labute approximate surface area is 180 Å². The van der Waals surface area contributed by atoms with Crippen LogP contribution in [0.3, 0.4) is 0 Å². The summed E-state index contributed by atoms with van der Waals surface area (Å²) in [5.41, 5.74) is 1.10. The van der Waals surface area contributed by atoms with Crippen molar-refractivity contribution in [3.63, 3.8) is 0 Å². The third kappa shape index (κ3) is 4.01.